The molecule has 156 valence electrons. The van der Waals surface area contributed by atoms with Crippen molar-refractivity contribution in [3.05, 3.63) is 70.3 Å². The van der Waals surface area contributed by atoms with Crippen LogP contribution in [0.2, 0.25) is 0 Å². The number of nitrogens with zero attached hydrogens (tertiary/aromatic N) is 2. The first-order chi connectivity index (χ1) is 14.3. The van der Waals surface area contributed by atoms with Crippen molar-refractivity contribution < 1.29 is 4.79 Å². The molecular formula is C22H25N5O2S. The topological polar surface area (TPSA) is 88.1 Å². The molecule has 0 fully saturated rings. The van der Waals surface area contributed by atoms with E-state index in [0.29, 0.717) is 29.1 Å². The third-order valence-electron chi connectivity index (χ3n) is 4.80. The Morgan fingerprint density at radius 3 is 2.50 bits per heavy atom. The molecule has 0 aliphatic heterocycles. The summed E-state index contributed by atoms with van der Waals surface area (Å²) >= 11 is 5.21. The third kappa shape index (κ3) is 5.21. The molecule has 0 radical (unpaired) electrons. The number of carbonyl (C=O) groups is 1. The Morgan fingerprint density at radius 1 is 1.10 bits per heavy atom. The molecular weight excluding hydrogens is 398 g/mol. The van der Waals surface area contributed by atoms with E-state index in [1.165, 1.54) is 10.1 Å². The van der Waals surface area contributed by atoms with Crippen molar-refractivity contribution in [1.82, 2.24) is 20.4 Å². The molecule has 0 saturated heterocycles. The molecule has 3 rings (SSSR count). The van der Waals surface area contributed by atoms with Gasteiger partial charge < -0.3 is 5.32 Å². The standard InChI is InChI=1S/C22H25N5O2S/c1-14(2)15-8-10-16(11-9-15)23-22(30)26-25-20(28)13-12-19-24-18-7-5-4-6-17(18)21(29)27(19)3/h4-11,14H,12-13H2,1-3H3,(H,25,28)(H2,23,26,30). The van der Waals surface area contributed by atoms with Gasteiger partial charge in [0.2, 0.25) is 5.91 Å². The summed E-state index contributed by atoms with van der Waals surface area (Å²) in [6.07, 6.45) is 0.498. The van der Waals surface area contributed by atoms with Crippen LogP contribution < -0.4 is 21.7 Å². The second-order valence-corrected chi connectivity index (χ2v) is 7.72. The van der Waals surface area contributed by atoms with Crippen molar-refractivity contribution in [3.63, 3.8) is 0 Å². The van der Waals surface area contributed by atoms with Crippen LogP contribution in [-0.2, 0) is 18.3 Å². The van der Waals surface area contributed by atoms with Gasteiger partial charge in [0.1, 0.15) is 5.82 Å². The van der Waals surface area contributed by atoms with Crippen LogP contribution in [0.25, 0.3) is 10.9 Å². The molecule has 8 heteroatoms. The highest BCUT2D eigenvalue weighted by atomic mass is 32.1. The monoisotopic (exact) mass is 423 g/mol. The van der Waals surface area contributed by atoms with E-state index in [1.807, 2.05) is 30.3 Å². The normalized spacial score (nSPS) is 10.8. The molecule has 2 aromatic carbocycles. The van der Waals surface area contributed by atoms with Crippen LogP contribution in [0.5, 0.6) is 0 Å². The Hall–Kier alpha value is -3.26. The van der Waals surface area contributed by atoms with Crippen LogP contribution in [0.1, 0.15) is 37.6 Å². The number of nitrogens with one attached hydrogen (secondary N) is 3. The molecule has 3 aromatic rings. The molecule has 0 bridgehead atoms. The summed E-state index contributed by atoms with van der Waals surface area (Å²) < 4.78 is 1.48. The number of anilines is 1. The van der Waals surface area contributed by atoms with Crippen LogP contribution in [0, 0.1) is 0 Å². The Labute approximate surface area is 180 Å². The van der Waals surface area contributed by atoms with E-state index in [-0.39, 0.29) is 23.0 Å². The lowest BCUT2D eigenvalue weighted by atomic mass is 10.0. The van der Waals surface area contributed by atoms with Gasteiger partial charge in [-0.3, -0.25) is 25.0 Å². The molecule has 0 unspecified atom stereocenters. The summed E-state index contributed by atoms with van der Waals surface area (Å²) in [6, 6.07) is 15.1. The van der Waals surface area contributed by atoms with Gasteiger partial charge in [-0.05, 0) is 48.0 Å². The fraction of sp³-hybridized carbons (Fsp3) is 0.273. The Kier molecular flexibility index (Phi) is 6.79. The number of thiocarbonyl (C=S) groups is 1. The zero-order valence-corrected chi connectivity index (χ0v) is 18.0. The van der Waals surface area contributed by atoms with Crippen LogP contribution in [0.15, 0.2) is 53.3 Å². The Morgan fingerprint density at radius 2 is 1.80 bits per heavy atom. The average molecular weight is 424 g/mol. The van der Waals surface area contributed by atoms with E-state index in [9.17, 15) is 9.59 Å². The number of fused-ring (bicyclic) bond motifs is 1. The van der Waals surface area contributed by atoms with Gasteiger partial charge >= 0.3 is 0 Å². The highest BCUT2D eigenvalue weighted by Gasteiger charge is 2.10. The molecule has 1 aromatic heterocycles. The largest absolute Gasteiger partial charge is 0.331 e. The maximum atomic E-state index is 12.4. The van der Waals surface area contributed by atoms with Crippen LogP contribution >= 0.6 is 12.2 Å². The lowest BCUT2D eigenvalue weighted by molar-refractivity contribution is -0.121. The molecule has 0 aliphatic rings. The first-order valence-electron chi connectivity index (χ1n) is 9.75. The number of aromatic nitrogens is 2. The molecule has 3 N–H and O–H groups in total. The zero-order valence-electron chi connectivity index (χ0n) is 17.2. The van der Waals surface area contributed by atoms with E-state index in [1.54, 1.807) is 25.2 Å². The molecule has 7 nitrogen and oxygen atoms in total. The summed E-state index contributed by atoms with van der Waals surface area (Å²) in [5, 5.41) is 3.87. The minimum absolute atomic E-state index is 0.122. The summed E-state index contributed by atoms with van der Waals surface area (Å²) in [7, 11) is 1.66. The number of carbonyl (C=O) groups excluding carboxylic acids is 1. The molecule has 0 spiro atoms. The van der Waals surface area contributed by atoms with Gasteiger partial charge in [-0.25, -0.2) is 4.98 Å². The van der Waals surface area contributed by atoms with Crippen molar-refractivity contribution >= 4 is 39.8 Å². The van der Waals surface area contributed by atoms with Crippen LogP contribution in [0.3, 0.4) is 0 Å². The Bertz CT molecular complexity index is 1120. The van der Waals surface area contributed by atoms with E-state index in [4.69, 9.17) is 12.2 Å². The number of amides is 1. The second-order valence-electron chi connectivity index (χ2n) is 7.31. The van der Waals surface area contributed by atoms with E-state index >= 15 is 0 Å². The summed E-state index contributed by atoms with van der Waals surface area (Å²) in [5.74, 6) is 0.761. The Balaban J connectivity index is 1.51. The fourth-order valence-electron chi connectivity index (χ4n) is 3.02. The van der Waals surface area contributed by atoms with Crippen molar-refractivity contribution in [1.29, 1.82) is 0 Å². The van der Waals surface area contributed by atoms with E-state index < -0.39 is 0 Å². The minimum atomic E-state index is -0.253. The van der Waals surface area contributed by atoms with Crippen LogP contribution in [-0.4, -0.2) is 20.6 Å². The quantitative estimate of drug-likeness (QED) is 0.432. The number of para-hydroxylation sites is 1. The lowest BCUT2D eigenvalue weighted by Crippen LogP contribution is -2.43. The van der Waals surface area contributed by atoms with Crippen LogP contribution in [0.4, 0.5) is 5.69 Å². The van der Waals surface area contributed by atoms with E-state index in [0.717, 1.165) is 5.69 Å². The average Bonchev–Trinajstić information content (AvgIpc) is 2.74. The fourth-order valence-corrected chi connectivity index (χ4v) is 3.18. The smallest absolute Gasteiger partial charge is 0.261 e. The predicted molar refractivity (Wildman–Crippen MR) is 123 cm³/mol. The maximum absolute atomic E-state index is 12.4. The van der Waals surface area contributed by atoms with Crippen molar-refractivity contribution in [3.8, 4) is 0 Å². The molecule has 0 aliphatic carbocycles. The summed E-state index contributed by atoms with van der Waals surface area (Å²) in [5.41, 5.74) is 7.84. The van der Waals surface area contributed by atoms with Gasteiger partial charge in [0.15, 0.2) is 5.11 Å². The molecule has 1 amide bonds. The van der Waals surface area contributed by atoms with Gasteiger partial charge in [-0.15, -0.1) is 0 Å². The highest BCUT2D eigenvalue weighted by molar-refractivity contribution is 7.80. The number of hydrogen-bond donors (Lipinski definition) is 3. The first kappa shape index (κ1) is 21.4. The number of benzene rings is 2. The minimum Gasteiger partial charge on any atom is -0.331 e. The van der Waals surface area contributed by atoms with Gasteiger partial charge in [0.05, 0.1) is 10.9 Å². The van der Waals surface area contributed by atoms with Crippen molar-refractivity contribution in [2.75, 3.05) is 5.32 Å². The highest BCUT2D eigenvalue weighted by Crippen LogP contribution is 2.17. The maximum Gasteiger partial charge on any atom is 0.261 e. The number of rotatable bonds is 5. The second kappa shape index (κ2) is 9.49. The van der Waals surface area contributed by atoms with E-state index in [2.05, 4.69) is 35.0 Å². The summed E-state index contributed by atoms with van der Waals surface area (Å²) in [6.45, 7) is 4.27. The zero-order chi connectivity index (χ0) is 21.7. The molecule has 0 saturated carbocycles. The van der Waals surface area contributed by atoms with Gasteiger partial charge in [0.25, 0.3) is 5.56 Å². The van der Waals surface area contributed by atoms with Crippen molar-refractivity contribution in [2.45, 2.75) is 32.6 Å². The molecule has 1 heterocycles. The first-order valence-corrected chi connectivity index (χ1v) is 10.2. The number of hydrogen-bond acceptors (Lipinski definition) is 4. The van der Waals surface area contributed by atoms with Crippen molar-refractivity contribution in [2.24, 2.45) is 7.05 Å². The van der Waals surface area contributed by atoms with Gasteiger partial charge in [-0.2, -0.15) is 0 Å². The predicted octanol–water partition coefficient (Wildman–Crippen LogP) is 3.01. The third-order valence-corrected chi connectivity index (χ3v) is 5.01. The van der Waals surface area contributed by atoms with Gasteiger partial charge in [-0.1, -0.05) is 38.1 Å². The SMILES string of the molecule is CC(C)c1ccc(NC(=S)NNC(=O)CCc2nc3ccccc3c(=O)n2C)cc1. The lowest BCUT2D eigenvalue weighted by Gasteiger charge is -2.13. The number of aryl methyl sites for hydroxylation is 1. The summed E-state index contributed by atoms with van der Waals surface area (Å²) in [4.78, 5) is 29.1. The molecule has 30 heavy (non-hydrogen) atoms. The molecule has 0 atom stereocenters. The van der Waals surface area contributed by atoms with Gasteiger partial charge in [0, 0.05) is 25.6 Å². The number of hydrazine groups is 1.